The van der Waals surface area contributed by atoms with E-state index in [1.807, 2.05) is 18.2 Å². The molecular weight excluding hydrogens is 240 g/mol. The first-order chi connectivity index (χ1) is 9.29. The van der Waals surface area contributed by atoms with Crippen LogP contribution in [0.25, 0.3) is 0 Å². The molecule has 0 spiro atoms. The van der Waals surface area contributed by atoms with Crippen molar-refractivity contribution in [1.82, 2.24) is 5.43 Å². The number of hydrogen-bond acceptors (Lipinski definition) is 3. The van der Waals surface area contributed by atoms with Crippen molar-refractivity contribution in [3.8, 4) is 0 Å². The second-order valence-electron chi connectivity index (χ2n) is 4.60. The fourth-order valence-corrected chi connectivity index (χ4v) is 1.94. The van der Waals surface area contributed by atoms with Crippen molar-refractivity contribution in [2.75, 3.05) is 6.61 Å². The molecule has 106 valence electrons. The Morgan fingerprint density at radius 3 is 2.68 bits per heavy atom. The third kappa shape index (κ3) is 5.85. The molecule has 0 heterocycles. The molecule has 0 atom stereocenters. The summed E-state index contributed by atoms with van der Waals surface area (Å²) in [5.41, 5.74) is 3.61. The highest BCUT2D eigenvalue weighted by Crippen LogP contribution is 2.10. The molecule has 0 radical (unpaired) electrons. The molecule has 0 aliphatic carbocycles. The smallest absolute Gasteiger partial charge is 0.265 e. The predicted octanol–water partition coefficient (Wildman–Crippen LogP) is 2.78. The van der Waals surface area contributed by atoms with Crippen LogP contribution in [0.5, 0.6) is 0 Å². The van der Waals surface area contributed by atoms with Gasteiger partial charge in [0.05, 0.1) is 6.61 Å². The van der Waals surface area contributed by atoms with Crippen LogP contribution in [-0.4, -0.2) is 12.5 Å². The van der Waals surface area contributed by atoms with Gasteiger partial charge in [-0.15, -0.1) is 0 Å². The maximum Gasteiger partial charge on any atom is 0.265 e. The van der Waals surface area contributed by atoms with Gasteiger partial charge in [-0.25, -0.2) is 5.84 Å². The highest BCUT2D eigenvalue weighted by molar-refractivity contribution is 5.95. The third-order valence-corrected chi connectivity index (χ3v) is 3.04. The van der Waals surface area contributed by atoms with Crippen molar-refractivity contribution in [2.24, 2.45) is 5.84 Å². The van der Waals surface area contributed by atoms with Crippen molar-refractivity contribution in [3.63, 3.8) is 0 Å². The average Bonchev–Trinajstić information content (AvgIpc) is 2.46. The zero-order valence-electron chi connectivity index (χ0n) is 11.7. The van der Waals surface area contributed by atoms with Crippen LogP contribution in [-0.2, 0) is 11.3 Å². The van der Waals surface area contributed by atoms with E-state index in [4.69, 9.17) is 10.6 Å². The first-order valence-electron chi connectivity index (χ1n) is 6.96. The van der Waals surface area contributed by atoms with Gasteiger partial charge in [0.1, 0.15) is 0 Å². The third-order valence-electron chi connectivity index (χ3n) is 3.04. The normalized spacial score (nSPS) is 10.4. The van der Waals surface area contributed by atoms with Crippen LogP contribution in [0.1, 0.15) is 54.9 Å². The van der Waals surface area contributed by atoms with Crippen molar-refractivity contribution in [1.29, 1.82) is 0 Å². The summed E-state index contributed by atoms with van der Waals surface area (Å²) in [6, 6.07) is 7.36. The molecule has 0 fully saturated rings. The van der Waals surface area contributed by atoms with Crippen LogP contribution in [0.2, 0.25) is 0 Å². The van der Waals surface area contributed by atoms with Gasteiger partial charge in [0.2, 0.25) is 0 Å². The molecule has 0 aromatic heterocycles. The first kappa shape index (κ1) is 15.7. The highest BCUT2D eigenvalue weighted by Gasteiger charge is 2.08. The number of carbonyl (C=O) groups excluding carboxylic acids is 1. The van der Waals surface area contributed by atoms with Gasteiger partial charge in [-0.05, 0) is 18.1 Å². The molecule has 4 nitrogen and oxygen atoms in total. The number of hydrogen-bond donors (Lipinski definition) is 2. The van der Waals surface area contributed by atoms with Gasteiger partial charge in [-0.3, -0.25) is 10.2 Å². The minimum atomic E-state index is -0.276. The zero-order chi connectivity index (χ0) is 13.9. The largest absolute Gasteiger partial charge is 0.377 e. The van der Waals surface area contributed by atoms with Gasteiger partial charge < -0.3 is 4.74 Å². The maximum atomic E-state index is 11.5. The lowest BCUT2D eigenvalue weighted by atomic mass is 10.1. The first-order valence-corrected chi connectivity index (χ1v) is 6.96. The molecule has 0 saturated heterocycles. The Labute approximate surface area is 115 Å². The van der Waals surface area contributed by atoms with E-state index in [9.17, 15) is 4.79 Å². The van der Waals surface area contributed by atoms with Crippen LogP contribution in [0.4, 0.5) is 0 Å². The van der Waals surface area contributed by atoms with E-state index < -0.39 is 0 Å². The summed E-state index contributed by atoms with van der Waals surface area (Å²) in [7, 11) is 0. The number of nitrogens with one attached hydrogen (secondary N) is 1. The van der Waals surface area contributed by atoms with Crippen LogP contribution >= 0.6 is 0 Å². The van der Waals surface area contributed by atoms with Crippen LogP contribution in [0.15, 0.2) is 24.3 Å². The summed E-state index contributed by atoms with van der Waals surface area (Å²) in [5.74, 6) is 4.88. The fraction of sp³-hybridized carbons (Fsp3) is 0.533. The van der Waals surface area contributed by atoms with Crippen molar-refractivity contribution >= 4 is 5.91 Å². The molecular formula is C15H24N2O2. The molecule has 1 amide bonds. The van der Waals surface area contributed by atoms with E-state index in [0.29, 0.717) is 12.2 Å². The van der Waals surface area contributed by atoms with E-state index in [1.165, 1.54) is 25.7 Å². The Kier molecular flexibility index (Phi) is 7.86. The summed E-state index contributed by atoms with van der Waals surface area (Å²) in [6.45, 7) is 3.40. The van der Waals surface area contributed by atoms with Gasteiger partial charge >= 0.3 is 0 Å². The summed E-state index contributed by atoms with van der Waals surface area (Å²) in [4.78, 5) is 11.5. The van der Waals surface area contributed by atoms with Gasteiger partial charge in [0, 0.05) is 12.2 Å². The maximum absolute atomic E-state index is 11.5. The summed E-state index contributed by atoms with van der Waals surface area (Å²) >= 11 is 0. The summed E-state index contributed by atoms with van der Waals surface area (Å²) in [5, 5.41) is 0. The van der Waals surface area contributed by atoms with E-state index in [-0.39, 0.29) is 5.91 Å². The number of rotatable bonds is 9. The van der Waals surface area contributed by atoms with Gasteiger partial charge in [-0.1, -0.05) is 50.8 Å². The van der Waals surface area contributed by atoms with Crippen LogP contribution in [0.3, 0.4) is 0 Å². The Hall–Kier alpha value is -1.39. The fourth-order valence-electron chi connectivity index (χ4n) is 1.94. The topological polar surface area (TPSA) is 64.3 Å². The molecule has 4 heteroatoms. The second-order valence-corrected chi connectivity index (χ2v) is 4.60. The van der Waals surface area contributed by atoms with Crippen LogP contribution in [0, 0.1) is 0 Å². The lowest BCUT2D eigenvalue weighted by Gasteiger charge is -2.09. The molecule has 0 bridgehead atoms. The molecule has 1 aromatic rings. The van der Waals surface area contributed by atoms with Crippen LogP contribution < -0.4 is 11.3 Å². The van der Waals surface area contributed by atoms with Crippen molar-refractivity contribution in [2.45, 2.75) is 45.6 Å². The van der Waals surface area contributed by atoms with Gasteiger partial charge in [-0.2, -0.15) is 0 Å². The van der Waals surface area contributed by atoms with E-state index >= 15 is 0 Å². The summed E-state index contributed by atoms with van der Waals surface area (Å²) < 4.78 is 5.61. The standard InChI is InChI=1S/C15H24N2O2/c1-2-3-4-5-8-11-19-12-13-9-6-7-10-14(13)15(18)17-16/h6-7,9-10H,2-5,8,11-12,16H2,1H3,(H,17,18). The average molecular weight is 264 g/mol. The molecule has 19 heavy (non-hydrogen) atoms. The Balaban J connectivity index is 2.31. The number of ether oxygens (including phenoxy) is 1. The monoisotopic (exact) mass is 264 g/mol. The number of benzene rings is 1. The minimum Gasteiger partial charge on any atom is -0.377 e. The number of unbranched alkanes of at least 4 members (excludes halogenated alkanes) is 4. The lowest BCUT2D eigenvalue weighted by Crippen LogP contribution is -2.30. The number of carbonyl (C=O) groups is 1. The lowest BCUT2D eigenvalue weighted by molar-refractivity contribution is 0.0937. The van der Waals surface area contributed by atoms with Gasteiger partial charge in [0.25, 0.3) is 5.91 Å². The molecule has 0 aliphatic heterocycles. The quantitative estimate of drug-likeness (QED) is 0.312. The number of hydrazine groups is 1. The van der Waals surface area contributed by atoms with Crippen molar-refractivity contribution in [3.05, 3.63) is 35.4 Å². The number of amides is 1. The Morgan fingerprint density at radius 2 is 1.95 bits per heavy atom. The Morgan fingerprint density at radius 1 is 1.21 bits per heavy atom. The highest BCUT2D eigenvalue weighted by atomic mass is 16.5. The SMILES string of the molecule is CCCCCCCOCc1ccccc1C(=O)NN. The molecule has 1 aromatic carbocycles. The van der Waals surface area contributed by atoms with E-state index in [1.54, 1.807) is 6.07 Å². The predicted molar refractivity (Wildman–Crippen MR) is 76.5 cm³/mol. The minimum absolute atomic E-state index is 0.276. The van der Waals surface area contributed by atoms with Crippen molar-refractivity contribution < 1.29 is 9.53 Å². The number of nitrogen functional groups attached to an aromatic ring is 1. The van der Waals surface area contributed by atoms with Gasteiger partial charge in [0.15, 0.2) is 0 Å². The Bertz CT molecular complexity index is 380. The molecule has 1 rings (SSSR count). The summed E-state index contributed by atoms with van der Waals surface area (Å²) in [6.07, 6.45) is 6.10. The van der Waals surface area contributed by atoms with E-state index in [0.717, 1.165) is 18.6 Å². The zero-order valence-corrected chi connectivity index (χ0v) is 11.7. The second kappa shape index (κ2) is 9.53. The van der Waals surface area contributed by atoms with E-state index in [2.05, 4.69) is 12.3 Å². The number of nitrogens with two attached hydrogens (primary N) is 1. The molecule has 0 unspecified atom stereocenters. The molecule has 0 aliphatic rings. The molecule has 3 N–H and O–H groups in total. The molecule has 0 saturated carbocycles.